The van der Waals surface area contributed by atoms with Crippen LogP contribution < -0.4 is 0 Å². The summed E-state index contributed by atoms with van der Waals surface area (Å²) >= 11 is 1.64. The molecule has 2 nitrogen and oxygen atoms in total. The highest BCUT2D eigenvalue weighted by Crippen LogP contribution is 2.18. The molecule has 0 fully saturated rings. The smallest absolute Gasteiger partial charge is 0.0861 e. The summed E-state index contributed by atoms with van der Waals surface area (Å²) in [5, 5.41) is 17.8. The lowest BCUT2D eigenvalue weighted by Gasteiger charge is -2.08. The van der Waals surface area contributed by atoms with Crippen LogP contribution in [0.1, 0.15) is 30.9 Å². The molecule has 0 heterocycles. The van der Waals surface area contributed by atoms with Gasteiger partial charge in [-0.05, 0) is 17.0 Å². The third-order valence-corrected chi connectivity index (χ3v) is 3.59. The van der Waals surface area contributed by atoms with E-state index >= 15 is 0 Å². The van der Waals surface area contributed by atoms with Crippen molar-refractivity contribution in [1.29, 1.82) is 0 Å². The molecule has 16 heavy (non-hydrogen) atoms. The highest BCUT2D eigenvalue weighted by atomic mass is 32.2. The van der Waals surface area contributed by atoms with Crippen LogP contribution >= 0.6 is 11.8 Å². The first kappa shape index (κ1) is 13.6. The van der Waals surface area contributed by atoms with Gasteiger partial charge in [0.05, 0.1) is 12.7 Å². The maximum atomic E-state index is 9.18. The molecule has 1 aromatic carbocycles. The molecule has 0 aliphatic carbocycles. The van der Waals surface area contributed by atoms with Crippen LogP contribution in [0.3, 0.4) is 0 Å². The Hall–Kier alpha value is -0.510. The number of rotatable bonds is 6. The first-order chi connectivity index (χ1) is 7.63. The van der Waals surface area contributed by atoms with E-state index in [0.29, 0.717) is 11.7 Å². The summed E-state index contributed by atoms with van der Waals surface area (Å²) in [5.74, 6) is 2.04. The molecule has 0 unspecified atom stereocenters. The molecule has 0 bridgehead atoms. The number of hydrogen-bond acceptors (Lipinski definition) is 3. The fourth-order valence-electron chi connectivity index (χ4n) is 1.36. The van der Waals surface area contributed by atoms with E-state index in [9.17, 15) is 5.11 Å². The molecule has 1 rings (SSSR count). The zero-order chi connectivity index (χ0) is 12.0. The Morgan fingerprint density at radius 2 is 1.81 bits per heavy atom. The lowest BCUT2D eigenvalue weighted by atomic mass is 10.0. The summed E-state index contributed by atoms with van der Waals surface area (Å²) < 4.78 is 0. The second kappa shape index (κ2) is 6.94. The van der Waals surface area contributed by atoms with Gasteiger partial charge in [-0.2, -0.15) is 11.8 Å². The van der Waals surface area contributed by atoms with Crippen molar-refractivity contribution in [3.8, 4) is 0 Å². The second-order valence-corrected chi connectivity index (χ2v) is 5.28. The van der Waals surface area contributed by atoms with E-state index in [2.05, 4.69) is 38.1 Å². The molecule has 0 aliphatic heterocycles. The van der Waals surface area contributed by atoms with Crippen molar-refractivity contribution in [2.75, 3.05) is 12.4 Å². The van der Waals surface area contributed by atoms with E-state index in [1.54, 1.807) is 11.8 Å². The van der Waals surface area contributed by atoms with Gasteiger partial charge in [0.1, 0.15) is 0 Å². The molecule has 0 spiro atoms. The number of aliphatic hydroxyl groups excluding tert-OH is 2. The quantitative estimate of drug-likeness (QED) is 0.802. The third kappa shape index (κ3) is 4.56. The molecule has 2 N–H and O–H groups in total. The van der Waals surface area contributed by atoms with Crippen molar-refractivity contribution in [3.05, 3.63) is 35.4 Å². The SMILES string of the molecule is CC(C)c1ccc(CSC[C@@H](O)CO)cc1. The topological polar surface area (TPSA) is 40.5 Å². The fraction of sp³-hybridized carbons (Fsp3) is 0.538. The van der Waals surface area contributed by atoms with Crippen LogP contribution in [0.15, 0.2) is 24.3 Å². The maximum Gasteiger partial charge on any atom is 0.0861 e. The molecule has 0 saturated carbocycles. The molecule has 90 valence electrons. The summed E-state index contributed by atoms with van der Waals surface area (Å²) in [4.78, 5) is 0. The van der Waals surface area contributed by atoms with Crippen molar-refractivity contribution in [1.82, 2.24) is 0 Å². The minimum absolute atomic E-state index is 0.153. The van der Waals surface area contributed by atoms with Crippen molar-refractivity contribution in [2.45, 2.75) is 31.6 Å². The molecule has 1 aromatic rings. The minimum atomic E-state index is -0.597. The average Bonchev–Trinajstić information content (AvgIpc) is 2.29. The standard InChI is InChI=1S/C13H20O2S/c1-10(2)12-5-3-11(4-6-12)8-16-9-13(15)7-14/h3-6,10,13-15H,7-9H2,1-2H3/t13-/m0/s1. The summed E-state index contributed by atoms with van der Waals surface area (Å²) in [6.07, 6.45) is -0.597. The molecule has 0 amide bonds. The highest BCUT2D eigenvalue weighted by Gasteiger charge is 2.03. The largest absolute Gasteiger partial charge is 0.394 e. The molecule has 0 saturated heterocycles. The van der Waals surface area contributed by atoms with Crippen molar-refractivity contribution in [2.24, 2.45) is 0 Å². The Morgan fingerprint density at radius 3 is 2.31 bits per heavy atom. The van der Waals surface area contributed by atoms with Gasteiger partial charge in [0, 0.05) is 11.5 Å². The molecule has 0 radical (unpaired) electrons. The molecule has 1 atom stereocenters. The van der Waals surface area contributed by atoms with Crippen LogP contribution in [0.4, 0.5) is 0 Å². The highest BCUT2D eigenvalue weighted by molar-refractivity contribution is 7.98. The third-order valence-electron chi connectivity index (χ3n) is 2.44. The van der Waals surface area contributed by atoms with E-state index in [-0.39, 0.29) is 6.61 Å². The Morgan fingerprint density at radius 1 is 1.19 bits per heavy atom. The van der Waals surface area contributed by atoms with Gasteiger partial charge >= 0.3 is 0 Å². The van der Waals surface area contributed by atoms with Gasteiger partial charge in [0.25, 0.3) is 0 Å². The summed E-state index contributed by atoms with van der Waals surface area (Å²) in [6.45, 7) is 4.21. The molecule has 0 aliphatic rings. The van der Waals surface area contributed by atoms with Gasteiger partial charge in [-0.3, -0.25) is 0 Å². The number of aliphatic hydroxyl groups is 2. The van der Waals surface area contributed by atoms with E-state index in [0.717, 1.165) is 5.75 Å². The van der Waals surface area contributed by atoms with Crippen LogP contribution in [-0.2, 0) is 5.75 Å². The first-order valence-corrected chi connectivity index (χ1v) is 6.74. The van der Waals surface area contributed by atoms with E-state index < -0.39 is 6.10 Å². The Labute approximate surface area is 102 Å². The van der Waals surface area contributed by atoms with Gasteiger partial charge in [0.15, 0.2) is 0 Å². The summed E-state index contributed by atoms with van der Waals surface area (Å²) in [7, 11) is 0. The van der Waals surface area contributed by atoms with Crippen LogP contribution in [0.5, 0.6) is 0 Å². The number of thioether (sulfide) groups is 1. The van der Waals surface area contributed by atoms with Gasteiger partial charge in [0.2, 0.25) is 0 Å². The zero-order valence-corrected chi connectivity index (χ0v) is 10.7. The van der Waals surface area contributed by atoms with Crippen LogP contribution in [0.25, 0.3) is 0 Å². The van der Waals surface area contributed by atoms with Gasteiger partial charge in [-0.15, -0.1) is 0 Å². The van der Waals surface area contributed by atoms with Gasteiger partial charge in [-0.25, -0.2) is 0 Å². The molecule has 3 heteroatoms. The number of benzene rings is 1. The maximum absolute atomic E-state index is 9.18. The summed E-state index contributed by atoms with van der Waals surface area (Å²) in [5.41, 5.74) is 2.61. The second-order valence-electron chi connectivity index (χ2n) is 4.25. The van der Waals surface area contributed by atoms with Gasteiger partial charge in [-0.1, -0.05) is 38.1 Å². The minimum Gasteiger partial charge on any atom is -0.394 e. The van der Waals surface area contributed by atoms with Crippen LogP contribution in [0, 0.1) is 0 Å². The van der Waals surface area contributed by atoms with Crippen molar-refractivity contribution in [3.63, 3.8) is 0 Å². The predicted octanol–water partition coefficient (Wildman–Crippen LogP) is 2.40. The Bertz CT molecular complexity index is 295. The lowest BCUT2D eigenvalue weighted by Crippen LogP contribution is -2.14. The molecular weight excluding hydrogens is 220 g/mol. The molecule has 0 aromatic heterocycles. The van der Waals surface area contributed by atoms with Crippen molar-refractivity contribution < 1.29 is 10.2 Å². The van der Waals surface area contributed by atoms with Crippen molar-refractivity contribution >= 4 is 11.8 Å². The van der Waals surface area contributed by atoms with Crippen LogP contribution in [0.2, 0.25) is 0 Å². The average molecular weight is 240 g/mol. The van der Waals surface area contributed by atoms with E-state index in [4.69, 9.17) is 5.11 Å². The first-order valence-electron chi connectivity index (χ1n) is 5.59. The zero-order valence-electron chi connectivity index (χ0n) is 9.89. The van der Waals surface area contributed by atoms with Crippen LogP contribution in [-0.4, -0.2) is 28.7 Å². The number of hydrogen-bond donors (Lipinski definition) is 2. The van der Waals surface area contributed by atoms with Gasteiger partial charge < -0.3 is 10.2 Å². The fourth-order valence-corrected chi connectivity index (χ4v) is 2.29. The summed E-state index contributed by atoms with van der Waals surface area (Å²) in [6, 6.07) is 8.58. The Kier molecular flexibility index (Phi) is 5.88. The molecular formula is C13H20O2S. The Balaban J connectivity index is 2.38. The lowest BCUT2D eigenvalue weighted by molar-refractivity contribution is 0.113. The van der Waals surface area contributed by atoms with E-state index in [1.807, 2.05) is 0 Å². The predicted molar refractivity (Wildman–Crippen MR) is 69.8 cm³/mol. The monoisotopic (exact) mass is 240 g/mol. The normalized spacial score (nSPS) is 13.1. The van der Waals surface area contributed by atoms with E-state index in [1.165, 1.54) is 11.1 Å².